The van der Waals surface area contributed by atoms with Crippen molar-refractivity contribution in [1.29, 1.82) is 0 Å². The van der Waals surface area contributed by atoms with Crippen molar-refractivity contribution in [2.75, 3.05) is 0 Å². The Morgan fingerprint density at radius 3 is 1.89 bits per heavy atom. The molecule has 4 saturated carbocycles. The summed E-state index contributed by atoms with van der Waals surface area (Å²) in [5.41, 5.74) is 1.47. The second-order valence-electron chi connectivity index (χ2n) is 6.96. The Labute approximate surface area is 132 Å². The standard InChI is InChI=1S/C17H20Br2/c18-15-3-1-12(2-4-15)17(19)16-13-6-10-5-11(8-13)9-14(16)7-10/h1-4,10-11,13-14,16-17H,5-9H2. The predicted molar refractivity (Wildman–Crippen MR) is 86.3 cm³/mol. The molecule has 4 aliphatic rings. The average molecular weight is 384 g/mol. The van der Waals surface area contributed by atoms with E-state index in [9.17, 15) is 0 Å². The lowest BCUT2D eigenvalue weighted by atomic mass is 9.51. The molecule has 102 valence electrons. The summed E-state index contributed by atoms with van der Waals surface area (Å²) in [6, 6.07) is 8.93. The minimum absolute atomic E-state index is 0.565. The molecule has 5 rings (SSSR count). The SMILES string of the molecule is Brc1ccc(C(Br)C2C3CC4CC(C3)CC2C4)cc1. The molecule has 1 unspecified atom stereocenters. The lowest BCUT2D eigenvalue weighted by molar-refractivity contribution is -0.0364. The molecule has 1 aromatic carbocycles. The van der Waals surface area contributed by atoms with Crippen LogP contribution in [-0.2, 0) is 0 Å². The molecule has 19 heavy (non-hydrogen) atoms. The predicted octanol–water partition coefficient (Wildman–Crippen LogP) is 5.96. The highest BCUT2D eigenvalue weighted by molar-refractivity contribution is 9.10. The van der Waals surface area contributed by atoms with Crippen molar-refractivity contribution in [1.82, 2.24) is 0 Å². The van der Waals surface area contributed by atoms with Gasteiger partial charge in [0, 0.05) is 9.30 Å². The van der Waals surface area contributed by atoms with Crippen LogP contribution in [0.4, 0.5) is 0 Å². The Bertz CT molecular complexity index is 437. The quantitative estimate of drug-likeness (QED) is 0.553. The van der Waals surface area contributed by atoms with Crippen LogP contribution in [0.1, 0.15) is 42.5 Å². The van der Waals surface area contributed by atoms with E-state index in [1.807, 2.05) is 0 Å². The number of halogens is 2. The molecule has 0 heterocycles. The number of hydrogen-bond donors (Lipinski definition) is 0. The van der Waals surface area contributed by atoms with Crippen molar-refractivity contribution in [3.63, 3.8) is 0 Å². The lowest BCUT2D eigenvalue weighted by Crippen LogP contribution is -2.46. The first-order chi connectivity index (χ1) is 9.20. The Morgan fingerprint density at radius 2 is 1.37 bits per heavy atom. The van der Waals surface area contributed by atoms with Crippen molar-refractivity contribution in [2.24, 2.45) is 29.6 Å². The second-order valence-corrected chi connectivity index (χ2v) is 8.86. The number of alkyl halides is 1. The van der Waals surface area contributed by atoms with Crippen LogP contribution in [0.5, 0.6) is 0 Å². The van der Waals surface area contributed by atoms with Crippen LogP contribution >= 0.6 is 31.9 Å². The molecule has 4 fully saturated rings. The van der Waals surface area contributed by atoms with E-state index in [0.29, 0.717) is 4.83 Å². The first kappa shape index (κ1) is 12.9. The van der Waals surface area contributed by atoms with Crippen molar-refractivity contribution < 1.29 is 0 Å². The van der Waals surface area contributed by atoms with Gasteiger partial charge in [-0.1, -0.05) is 44.0 Å². The van der Waals surface area contributed by atoms with Crippen molar-refractivity contribution in [3.8, 4) is 0 Å². The summed E-state index contributed by atoms with van der Waals surface area (Å²) >= 11 is 7.58. The molecule has 0 N–H and O–H groups in total. The van der Waals surface area contributed by atoms with E-state index in [2.05, 4.69) is 56.1 Å². The van der Waals surface area contributed by atoms with Gasteiger partial charge in [0.2, 0.25) is 0 Å². The van der Waals surface area contributed by atoms with Gasteiger partial charge >= 0.3 is 0 Å². The lowest BCUT2D eigenvalue weighted by Gasteiger charge is -2.55. The molecule has 0 spiro atoms. The summed E-state index contributed by atoms with van der Waals surface area (Å²) in [7, 11) is 0. The van der Waals surface area contributed by atoms with Gasteiger partial charge in [-0.05, 0) is 79.4 Å². The van der Waals surface area contributed by atoms with Gasteiger partial charge in [-0.15, -0.1) is 0 Å². The smallest absolute Gasteiger partial charge is 0.0428 e. The highest BCUT2D eigenvalue weighted by Crippen LogP contribution is 2.60. The molecule has 2 heteroatoms. The van der Waals surface area contributed by atoms with Crippen LogP contribution < -0.4 is 0 Å². The molecule has 4 bridgehead atoms. The van der Waals surface area contributed by atoms with E-state index in [-0.39, 0.29) is 0 Å². The van der Waals surface area contributed by atoms with E-state index in [4.69, 9.17) is 0 Å². The van der Waals surface area contributed by atoms with E-state index >= 15 is 0 Å². The van der Waals surface area contributed by atoms with E-state index in [0.717, 1.165) is 29.6 Å². The molecule has 4 aliphatic carbocycles. The fourth-order valence-corrected chi connectivity index (χ4v) is 6.75. The largest absolute Gasteiger partial charge is 0.0836 e. The average Bonchev–Trinajstić information content (AvgIpc) is 2.38. The fraction of sp³-hybridized carbons (Fsp3) is 0.647. The van der Waals surface area contributed by atoms with Crippen LogP contribution in [0.25, 0.3) is 0 Å². The summed E-state index contributed by atoms with van der Waals surface area (Å²) < 4.78 is 1.18. The molecule has 0 aliphatic heterocycles. The number of hydrogen-bond acceptors (Lipinski definition) is 0. The molecular formula is C17H20Br2. The van der Waals surface area contributed by atoms with Gasteiger partial charge in [-0.25, -0.2) is 0 Å². The molecule has 1 atom stereocenters. The summed E-state index contributed by atoms with van der Waals surface area (Å²) in [4.78, 5) is 0.565. The first-order valence-electron chi connectivity index (χ1n) is 7.60. The third-order valence-corrected chi connectivity index (χ3v) is 7.49. The highest BCUT2D eigenvalue weighted by Gasteiger charge is 2.50. The van der Waals surface area contributed by atoms with Gasteiger partial charge in [0.05, 0.1) is 0 Å². The molecule has 0 amide bonds. The Morgan fingerprint density at radius 1 is 0.842 bits per heavy atom. The van der Waals surface area contributed by atoms with Gasteiger partial charge in [0.25, 0.3) is 0 Å². The van der Waals surface area contributed by atoms with Crippen molar-refractivity contribution in [2.45, 2.75) is 36.9 Å². The fourth-order valence-electron chi connectivity index (χ4n) is 5.31. The second kappa shape index (κ2) is 4.87. The maximum absolute atomic E-state index is 4.05. The highest BCUT2D eigenvalue weighted by atomic mass is 79.9. The van der Waals surface area contributed by atoms with E-state index < -0.39 is 0 Å². The Kier molecular flexibility index (Phi) is 3.31. The van der Waals surface area contributed by atoms with Gasteiger partial charge in [-0.3, -0.25) is 0 Å². The van der Waals surface area contributed by atoms with Gasteiger partial charge in [0.15, 0.2) is 0 Å². The summed E-state index contributed by atoms with van der Waals surface area (Å²) in [6.45, 7) is 0. The third kappa shape index (κ3) is 2.23. The molecule has 0 aromatic heterocycles. The zero-order chi connectivity index (χ0) is 13.0. The van der Waals surface area contributed by atoms with E-state index in [1.54, 1.807) is 6.42 Å². The summed E-state index contributed by atoms with van der Waals surface area (Å²) in [6.07, 6.45) is 7.59. The Hall–Kier alpha value is 0.180. The molecular weight excluding hydrogens is 364 g/mol. The Balaban J connectivity index is 1.60. The minimum atomic E-state index is 0.565. The molecule has 0 saturated heterocycles. The zero-order valence-corrected chi connectivity index (χ0v) is 14.2. The minimum Gasteiger partial charge on any atom is -0.0836 e. The van der Waals surface area contributed by atoms with E-state index in [1.165, 1.54) is 35.7 Å². The normalized spacial score (nSPS) is 41.5. The number of benzene rings is 1. The van der Waals surface area contributed by atoms with Crippen LogP contribution in [-0.4, -0.2) is 0 Å². The number of rotatable bonds is 2. The van der Waals surface area contributed by atoms with Gasteiger partial charge in [0.1, 0.15) is 0 Å². The van der Waals surface area contributed by atoms with Crippen LogP contribution in [0.15, 0.2) is 28.7 Å². The maximum atomic E-state index is 4.05. The van der Waals surface area contributed by atoms with Crippen LogP contribution in [0.3, 0.4) is 0 Å². The van der Waals surface area contributed by atoms with Gasteiger partial charge < -0.3 is 0 Å². The monoisotopic (exact) mass is 382 g/mol. The topological polar surface area (TPSA) is 0 Å². The third-order valence-electron chi connectivity index (χ3n) is 5.83. The summed E-state index contributed by atoms with van der Waals surface area (Å²) in [5, 5.41) is 0. The molecule has 1 aromatic rings. The molecule has 0 nitrogen and oxygen atoms in total. The van der Waals surface area contributed by atoms with Gasteiger partial charge in [-0.2, -0.15) is 0 Å². The zero-order valence-electron chi connectivity index (χ0n) is 11.1. The van der Waals surface area contributed by atoms with Crippen LogP contribution in [0.2, 0.25) is 0 Å². The van der Waals surface area contributed by atoms with Crippen molar-refractivity contribution in [3.05, 3.63) is 34.3 Å². The first-order valence-corrected chi connectivity index (χ1v) is 9.31. The maximum Gasteiger partial charge on any atom is 0.0428 e. The molecule has 0 radical (unpaired) electrons. The summed E-state index contributed by atoms with van der Waals surface area (Å²) in [5.74, 6) is 5.01. The van der Waals surface area contributed by atoms with Crippen molar-refractivity contribution >= 4 is 31.9 Å². The van der Waals surface area contributed by atoms with Crippen LogP contribution in [0, 0.1) is 29.6 Å².